The van der Waals surface area contributed by atoms with Gasteiger partial charge in [0.1, 0.15) is 5.75 Å². The van der Waals surface area contributed by atoms with Crippen molar-refractivity contribution in [2.45, 2.75) is 25.8 Å². The third-order valence-corrected chi connectivity index (χ3v) is 3.64. The summed E-state index contributed by atoms with van der Waals surface area (Å²) >= 11 is 0. The van der Waals surface area contributed by atoms with Crippen LogP contribution in [0.1, 0.15) is 25.3 Å². The number of hydrogen-bond acceptors (Lipinski definition) is 3. The Labute approximate surface area is 110 Å². The molecule has 0 aromatic heterocycles. The molecular weight excluding hydrogens is 224 g/mol. The second-order valence-corrected chi connectivity index (χ2v) is 5.21. The molecule has 100 valence electrons. The van der Waals surface area contributed by atoms with Gasteiger partial charge in [0.2, 0.25) is 0 Å². The van der Waals surface area contributed by atoms with Crippen molar-refractivity contribution in [3.8, 4) is 5.75 Å². The summed E-state index contributed by atoms with van der Waals surface area (Å²) in [6, 6.07) is 8.88. The second kappa shape index (κ2) is 6.21. The minimum Gasteiger partial charge on any atom is -0.493 e. The van der Waals surface area contributed by atoms with Gasteiger partial charge in [0.05, 0.1) is 6.61 Å². The fourth-order valence-electron chi connectivity index (χ4n) is 2.40. The van der Waals surface area contributed by atoms with Crippen LogP contribution >= 0.6 is 0 Å². The highest BCUT2D eigenvalue weighted by Gasteiger charge is 2.23. The number of para-hydroxylation sites is 1. The summed E-state index contributed by atoms with van der Waals surface area (Å²) in [5.41, 5.74) is 1.35. The first-order valence-corrected chi connectivity index (χ1v) is 6.84. The Hall–Kier alpha value is -1.06. The number of hydrogen-bond donors (Lipinski definition) is 1. The molecule has 0 saturated carbocycles. The second-order valence-electron chi connectivity index (χ2n) is 5.21. The van der Waals surface area contributed by atoms with Gasteiger partial charge in [-0.25, -0.2) is 0 Å². The average molecular weight is 248 g/mol. The van der Waals surface area contributed by atoms with Crippen LogP contribution in [-0.4, -0.2) is 44.2 Å². The largest absolute Gasteiger partial charge is 0.493 e. The van der Waals surface area contributed by atoms with Gasteiger partial charge in [-0.2, -0.15) is 0 Å². The molecule has 0 amide bonds. The number of likely N-dealkylation sites (N-methyl/N-ethyl adjacent to an activating group) is 1. The van der Waals surface area contributed by atoms with Gasteiger partial charge in [-0.15, -0.1) is 0 Å². The van der Waals surface area contributed by atoms with Gasteiger partial charge in [0.15, 0.2) is 0 Å². The summed E-state index contributed by atoms with van der Waals surface area (Å²) < 4.78 is 5.70. The van der Waals surface area contributed by atoms with Gasteiger partial charge in [0, 0.05) is 30.6 Å². The lowest BCUT2D eigenvalue weighted by Crippen LogP contribution is -2.39. The van der Waals surface area contributed by atoms with Crippen molar-refractivity contribution in [1.29, 1.82) is 0 Å². The minimum atomic E-state index is 0.496. The van der Waals surface area contributed by atoms with Crippen LogP contribution in [0.3, 0.4) is 0 Å². The third kappa shape index (κ3) is 3.24. The Kier molecular flexibility index (Phi) is 4.61. The monoisotopic (exact) mass is 248 g/mol. The van der Waals surface area contributed by atoms with Crippen LogP contribution in [0, 0.1) is 0 Å². The van der Waals surface area contributed by atoms with E-state index >= 15 is 0 Å². The molecule has 0 radical (unpaired) electrons. The molecule has 18 heavy (non-hydrogen) atoms. The lowest BCUT2D eigenvalue weighted by atomic mass is 10.0. The van der Waals surface area contributed by atoms with E-state index in [1.807, 2.05) is 6.07 Å². The Morgan fingerprint density at radius 3 is 3.00 bits per heavy atom. The zero-order chi connectivity index (χ0) is 13.0. The highest BCUT2D eigenvalue weighted by atomic mass is 16.5. The predicted molar refractivity (Wildman–Crippen MR) is 75.3 cm³/mol. The molecule has 0 fully saturated rings. The van der Waals surface area contributed by atoms with Crippen molar-refractivity contribution >= 4 is 0 Å². The lowest BCUT2D eigenvalue weighted by molar-refractivity contribution is 0.293. The van der Waals surface area contributed by atoms with Crippen molar-refractivity contribution in [1.82, 2.24) is 10.2 Å². The van der Waals surface area contributed by atoms with Crippen molar-refractivity contribution in [2.24, 2.45) is 0 Å². The van der Waals surface area contributed by atoms with Gasteiger partial charge >= 0.3 is 0 Å². The first-order valence-electron chi connectivity index (χ1n) is 6.84. The van der Waals surface area contributed by atoms with Gasteiger partial charge < -0.3 is 15.0 Å². The molecule has 1 N–H and O–H groups in total. The molecule has 0 aliphatic carbocycles. The van der Waals surface area contributed by atoms with Crippen LogP contribution in [-0.2, 0) is 0 Å². The SMILES string of the molecule is CCN(C)CC(C)NCC1COc2ccccc21. The van der Waals surface area contributed by atoms with E-state index in [0.29, 0.717) is 12.0 Å². The molecule has 2 atom stereocenters. The molecule has 0 spiro atoms. The van der Waals surface area contributed by atoms with Gasteiger partial charge in [-0.3, -0.25) is 0 Å². The number of fused-ring (bicyclic) bond motifs is 1. The number of nitrogens with zero attached hydrogens (tertiary/aromatic N) is 1. The fourth-order valence-corrected chi connectivity index (χ4v) is 2.40. The van der Waals surface area contributed by atoms with E-state index in [1.165, 1.54) is 5.56 Å². The van der Waals surface area contributed by atoms with E-state index in [2.05, 4.69) is 49.3 Å². The molecular formula is C15H24N2O. The quantitative estimate of drug-likeness (QED) is 0.834. The van der Waals surface area contributed by atoms with Gasteiger partial charge in [-0.1, -0.05) is 25.1 Å². The van der Waals surface area contributed by atoms with Crippen molar-refractivity contribution in [2.75, 3.05) is 33.3 Å². The van der Waals surface area contributed by atoms with Crippen LogP contribution in [0.15, 0.2) is 24.3 Å². The highest BCUT2D eigenvalue weighted by Crippen LogP contribution is 2.32. The summed E-state index contributed by atoms with van der Waals surface area (Å²) in [7, 11) is 2.16. The maximum Gasteiger partial charge on any atom is 0.122 e. The van der Waals surface area contributed by atoms with Crippen molar-refractivity contribution in [3.05, 3.63) is 29.8 Å². The fraction of sp³-hybridized carbons (Fsp3) is 0.600. The third-order valence-electron chi connectivity index (χ3n) is 3.64. The minimum absolute atomic E-state index is 0.496. The van der Waals surface area contributed by atoms with Crippen LogP contribution in [0.25, 0.3) is 0 Å². The Morgan fingerprint density at radius 2 is 2.22 bits per heavy atom. The molecule has 1 aliphatic heterocycles. The maximum atomic E-state index is 5.70. The van der Waals surface area contributed by atoms with E-state index in [-0.39, 0.29) is 0 Å². The van der Waals surface area contributed by atoms with Crippen molar-refractivity contribution < 1.29 is 4.74 Å². The zero-order valence-corrected chi connectivity index (χ0v) is 11.6. The van der Waals surface area contributed by atoms with Crippen LogP contribution in [0.4, 0.5) is 0 Å². The van der Waals surface area contributed by atoms with E-state index < -0.39 is 0 Å². The maximum absolute atomic E-state index is 5.70. The van der Waals surface area contributed by atoms with E-state index in [9.17, 15) is 0 Å². The molecule has 1 aromatic carbocycles. The molecule has 0 saturated heterocycles. The Morgan fingerprint density at radius 1 is 1.44 bits per heavy atom. The number of nitrogens with one attached hydrogen (secondary N) is 1. The molecule has 3 heteroatoms. The molecule has 2 rings (SSSR count). The predicted octanol–water partition coefficient (Wildman–Crippen LogP) is 2.09. The average Bonchev–Trinajstić information content (AvgIpc) is 2.79. The normalized spacial score (nSPS) is 19.7. The van der Waals surface area contributed by atoms with E-state index in [4.69, 9.17) is 4.74 Å². The number of ether oxygens (including phenoxy) is 1. The number of benzene rings is 1. The summed E-state index contributed by atoms with van der Waals surface area (Å²) in [5.74, 6) is 1.55. The molecule has 1 aromatic rings. The summed E-state index contributed by atoms with van der Waals surface area (Å²) in [5, 5.41) is 3.61. The molecule has 2 unspecified atom stereocenters. The van der Waals surface area contributed by atoms with Gasteiger partial charge in [-0.05, 0) is 26.6 Å². The first kappa shape index (κ1) is 13.4. The van der Waals surface area contributed by atoms with Gasteiger partial charge in [0.25, 0.3) is 0 Å². The van der Waals surface area contributed by atoms with Crippen LogP contribution < -0.4 is 10.1 Å². The van der Waals surface area contributed by atoms with Crippen LogP contribution in [0.5, 0.6) is 5.75 Å². The Bertz CT molecular complexity index is 381. The number of rotatable bonds is 6. The smallest absolute Gasteiger partial charge is 0.122 e. The first-order chi connectivity index (χ1) is 8.70. The Balaban J connectivity index is 1.82. The summed E-state index contributed by atoms with van der Waals surface area (Å²) in [6.07, 6.45) is 0. The topological polar surface area (TPSA) is 24.5 Å². The van der Waals surface area contributed by atoms with E-state index in [1.54, 1.807) is 0 Å². The summed E-state index contributed by atoms with van der Waals surface area (Å²) in [4.78, 5) is 2.33. The zero-order valence-electron chi connectivity index (χ0n) is 11.6. The summed E-state index contributed by atoms with van der Waals surface area (Å²) in [6.45, 7) is 8.42. The standard InChI is InChI=1S/C15H24N2O/c1-4-17(3)10-12(2)16-9-13-11-18-15-8-6-5-7-14(13)15/h5-8,12-13,16H,4,9-11H2,1-3H3. The molecule has 3 nitrogen and oxygen atoms in total. The van der Waals surface area contributed by atoms with E-state index in [0.717, 1.165) is 32.0 Å². The molecule has 1 heterocycles. The highest BCUT2D eigenvalue weighted by molar-refractivity contribution is 5.39. The molecule has 1 aliphatic rings. The molecule has 0 bridgehead atoms. The van der Waals surface area contributed by atoms with Crippen LogP contribution in [0.2, 0.25) is 0 Å². The van der Waals surface area contributed by atoms with Crippen molar-refractivity contribution in [3.63, 3.8) is 0 Å². The lowest BCUT2D eigenvalue weighted by Gasteiger charge is -2.22.